The van der Waals surface area contributed by atoms with Crippen molar-refractivity contribution in [1.29, 1.82) is 0 Å². The first-order valence-electron chi connectivity index (χ1n) is 11.2. The van der Waals surface area contributed by atoms with Gasteiger partial charge in [0.05, 0.1) is 24.3 Å². The van der Waals surface area contributed by atoms with Crippen molar-refractivity contribution in [3.05, 3.63) is 41.9 Å². The molecule has 2 fully saturated rings. The van der Waals surface area contributed by atoms with Gasteiger partial charge in [0.15, 0.2) is 0 Å². The normalized spacial score (nSPS) is 17.6. The predicted molar refractivity (Wildman–Crippen MR) is 126 cm³/mol. The van der Waals surface area contributed by atoms with E-state index in [1.807, 2.05) is 0 Å². The summed E-state index contributed by atoms with van der Waals surface area (Å²) in [5, 5.41) is 7.57. The molecule has 4 heterocycles. The average Bonchev–Trinajstić information content (AvgIpc) is 3.51. The Balaban J connectivity index is 1.55. The van der Waals surface area contributed by atoms with E-state index < -0.39 is 5.91 Å². The smallest absolute Gasteiger partial charge is 0.268 e. The number of H-pyrrole nitrogens is 1. The van der Waals surface area contributed by atoms with E-state index in [2.05, 4.69) is 43.2 Å². The molecule has 2 aliphatic heterocycles. The van der Waals surface area contributed by atoms with Crippen LogP contribution in [0.3, 0.4) is 0 Å². The highest BCUT2D eigenvalue weighted by Gasteiger charge is 2.24. The van der Waals surface area contributed by atoms with Crippen molar-refractivity contribution in [2.24, 2.45) is 5.73 Å². The van der Waals surface area contributed by atoms with Crippen molar-refractivity contribution in [1.82, 2.24) is 20.1 Å². The molecule has 2 aliphatic rings. The number of carbonyl (C=O) groups is 1. The molecule has 1 amide bonds. The topological polar surface area (TPSA) is 100 Å². The zero-order valence-electron chi connectivity index (χ0n) is 18.0. The molecule has 2 saturated heterocycles. The Kier molecular flexibility index (Phi) is 6.20. The highest BCUT2D eigenvalue weighted by atomic mass is 32.1. The predicted octanol–water partition coefficient (Wildman–Crippen LogP) is 3.12. The van der Waals surface area contributed by atoms with Crippen LogP contribution in [-0.4, -0.2) is 65.4 Å². The third kappa shape index (κ3) is 4.41. The van der Waals surface area contributed by atoms with E-state index in [-0.39, 0.29) is 0 Å². The third-order valence-corrected chi connectivity index (χ3v) is 7.26. The van der Waals surface area contributed by atoms with Gasteiger partial charge in [0.1, 0.15) is 10.7 Å². The number of hydrogen-bond acceptors (Lipinski definition) is 7. The quantitative estimate of drug-likeness (QED) is 0.596. The van der Waals surface area contributed by atoms with Crippen LogP contribution in [0.1, 0.15) is 35.3 Å². The molecule has 0 unspecified atom stereocenters. The lowest BCUT2D eigenvalue weighted by molar-refractivity contribution is 0.0342. The van der Waals surface area contributed by atoms with Crippen molar-refractivity contribution < 1.29 is 9.53 Å². The van der Waals surface area contributed by atoms with Gasteiger partial charge in [0, 0.05) is 55.7 Å². The molecule has 1 aromatic carbocycles. The zero-order chi connectivity index (χ0) is 21.9. The summed E-state index contributed by atoms with van der Waals surface area (Å²) in [6.45, 7) is 6.43. The molecule has 5 rings (SSSR count). The molecule has 3 aromatic rings. The highest BCUT2D eigenvalue weighted by Crippen LogP contribution is 2.41. The summed E-state index contributed by atoms with van der Waals surface area (Å²) in [5.41, 5.74) is 10.4. The van der Waals surface area contributed by atoms with Crippen LogP contribution in [0.15, 0.2) is 30.6 Å². The van der Waals surface area contributed by atoms with E-state index in [4.69, 9.17) is 10.5 Å². The summed E-state index contributed by atoms with van der Waals surface area (Å²) in [6.07, 6.45) is 7.11. The van der Waals surface area contributed by atoms with E-state index in [1.54, 1.807) is 12.4 Å². The molecule has 0 saturated carbocycles. The molecular weight excluding hydrogens is 424 g/mol. The van der Waals surface area contributed by atoms with Gasteiger partial charge in [-0.3, -0.25) is 14.8 Å². The number of aromatic amines is 1. The summed E-state index contributed by atoms with van der Waals surface area (Å²) < 4.78 is 5.50. The molecule has 0 aliphatic carbocycles. The maximum atomic E-state index is 12.3. The number of hydrogen-bond donors (Lipinski definition) is 2. The molecule has 0 bridgehead atoms. The summed E-state index contributed by atoms with van der Waals surface area (Å²) in [5.74, 6) is -0.506. The number of primary amides is 1. The van der Waals surface area contributed by atoms with Gasteiger partial charge in [-0.15, -0.1) is 11.3 Å². The van der Waals surface area contributed by atoms with Crippen molar-refractivity contribution in [3.8, 4) is 21.0 Å². The molecule has 0 radical (unpaired) electrons. The molecule has 9 heteroatoms. The largest absolute Gasteiger partial charge is 0.379 e. The molecule has 32 heavy (non-hydrogen) atoms. The Hall–Kier alpha value is -2.75. The van der Waals surface area contributed by atoms with Crippen LogP contribution in [0.25, 0.3) is 21.0 Å². The summed E-state index contributed by atoms with van der Waals surface area (Å²) >= 11 is 1.49. The fraction of sp³-hybridized carbons (Fsp3) is 0.435. The molecule has 168 valence electrons. The number of nitrogens with zero attached hydrogens (tertiary/aromatic N) is 4. The standard InChI is InChI=1S/C23H28N6O2S/c24-22(30)20-21(32-23(27-20)17-13-25-26-14-17)18-5-4-16(15-28-8-10-31-11-9-28)12-19(18)29-6-2-1-3-7-29/h4-5,12-14H,1-3,6-11,15H2,(H2,24,30)(H,25,26). The lowest BCUT2D eigenvalue weighted by Gasteiger charge is -2.32. The monoisotopic (exact) mass is 452 g/mol. The fourth-order valence-electron chi connectivity index (χ4n) is 4.44. The minimum Gasteiger partial charge on any atom is -0.379 e. The van der Waals surface area contributed by atoms with E-state index in [0.29, 0.717) is 5.69 Å². The van der Waals surface area contributed by atoms with Crippen LogP contribution < -0.4 is 10.6 Å². The molecule has 3 N–H and O–H groups in total. The van der Waals surface area contributed by atoms with Crippen LogP contribution in [0.5, 0.6) is 0 Å². The van der Waals surface area contributed by atoms with Gasteiger partial charge in [-0.1, -0.05) is 12.1 Å². The van der Waals surface area contributed by atoms with Gasteiger partial charge in [0.25, 0.3) is 5.91 Å². The second kappa shape index (κ2) is 9.40. The molecule has 0 atom stereocenters. The minimum atomic E-state index is -0.506. The second-order valence-corrected chi connectivity index (χ2v) is 9.33. The number of carbonyl (C=O) groups excluding carboxylic acids is 1. The fourth-order valence-corrected chi connectivity index (χ4v) is 5.53. The Morgan fingerprint density at radius 3 is 2.69 bits per heavy atom. The lowest BCUT2D eigenvalue weighted by atomic mass is 10.0. The first kappa shape index (κ1) is 21.1. The number of morpholine rings is 1. The number of rotatable bonds is 6. The number of ether oxygens (including phenoxy) is 1. The van der Waals surface area contributed by atoms with E-state index in [9.17, 15) is 4.79 Å². The summed E-state index contributed by atoms with van der Waals surface area (Å²) in [4.78, 5) is 22.6. The number of nitrogens with one attached hydrogen (secondary N) is 1. The second-order valence-electron chi connectivity index (χ2n) is 8.34. The minimum absolute atomic E-state index is 0.324. The van der Waals surface area contributed by atoms with Gasteiger partial charge in [-0.2, -0.15) is 5.10 Å². The van der Waals surface area contributed by atoms with Crippen molar-refractivity contribution in [2.45, 2.75) is 25.8 Å². The van der Waals surface area contributed by atoms with Crippen LogP contribution >= 0.6 is 11.3 Å². The molecule has 2 aromatic heterocycles. The number of benzene rings is 1. The van der Waals surface area contributed by atoms with E-state index in [0.717, 1.165) is 66.9 Å². The Morgan fingerprint density at radius 2 is 1.97 bits per heavy atom. The van der Waals surface area contributed by atoms with Gasteiger partial charge in [0.2, 0.25) is 0 Å². The van der Waals surface area contributed by atoms with Crippen molar-refractivity contribution in [3.63, 3.8) is 0 Å². The Bertz CT molecular complexity index is 1070. The summed E-state index contributed by atoms with van der Waals surface area (Å²) in [7, 11) is 0. The third-order valence-electron chi connectivity index (χ3n) is 6.12. The molecular formula is C23H28N6O2S. The van der Waals surface area contributed by atoms with Crippen LogP contribution in [0.4, 0.5) is 5.69 Å². The Morgan fingerprint density at radius 1 is 1.16 bits per heavy atom. The van der Waals surface area contributed by atoms with E-state index >= 15 is 0 Å². The van der Waals surface area contributed by atoms with Gasteiger partial charge < -0.3 is 15.4 Å². The maximum Gasteiger partial charge on any atom is 0.268 e. The number of anilines is 1. The number of nitrogens with two attached hydrogens (primary N) is 1. The highest BCUT2D eigenvalue weighted by molar-refractivity contribution is 7.18. The number of amides is 1. The number of thiazole rings is 1. The lowest BCUT2D eigenvalue weighted by Crippen LogP contribution is -2.35. The number of aromatic nitrogens is 3. The van der Waals surface area contributed by atoms with Gasteiger partial charge >= 0.3 is 0 Å². The van der Waals surface area contributed by atoms with E-state index in [1.165, 1.54) is 41.9 Å². The van der Waals surface area contributed by atoms with Crippen molar-refractivity contribution >= 4 is 22.9 Å². The summed E-state index contributed by atoms with van der Waals surface area (Å²) in [6, 6.07) is 6.59. The first-order valence-corrected chi connectivity index (χ1v) is 12.0. The SMILES string of the molecule is NC(=O)c1nc(-c2cn[nH]c2)sc1-c1ccc(CN2CCOCC2)cc1N1CCCCC1. The molecule has 0 spiro atoms. The molecule has 8 nitrogen and oxygen atoms in total. The van der Waals surface area contributed by atoms with Gasteiger partial charge in [-0.25, -0.2) is 4.98 Å². The van der Waals surface area contributed by atoms with Crippen molar-refractivity contribution in [2.75, 3.05) is 44.3 Å². The Labute approximate surface area is 191 Å². The zero-order valence-corrected chi connectivity index (χ0v) is 18.9. The van der Waals surface area contributed by atoms with Crippen LogP contribution in [0, 0.1) is 0 Å². The maximum absolute atomic E-state index is 12.3. The van der Waals surface area contributed by atoms with Crippen LogP contribution in [-0.2, 0) is 11.3 Å². The van der Waals surface area contributed by atoms with Crippen LogP contribution in [0.2, 0.25) is 0 Å². The van der Waals surface area contributed by atoms with Gasteiger partial charge in [-0.05, 0) is 30.9 Å². The first-order chi connectivity index (χ1) is 15.7. The number of piperidine rings is 1. The average molecular weight is 453 g/mol.